The van der Waals surface area contributed by atoms with Crippen LogP contribution < -0.4 is 14.2 Å². The molecule has 8 heteroatoms. The average molecular weight is 388 g/mol. The zero-order chi connectivity index (χ0) is 19.1. The van der Waals surface area contributed by atoms with Crippen LogP contribution in [0.4, 0.5) is 0 Å². The number of benzene rings is 2. The Morgan fingerprint density at radius 2 is 1.70 bits per heavy atom. The summed E-state index contributed by atoms with van der Waals surface area (Å²) in [4.78, 5) is 0. The van der Waals surface area contributed by atoms with E-state index in [1.807, 2.05) is 30.3 Å². The van der Waals surface area contributed by atoms with Gasteiger partial charge in [-0.15, -0.1) is 10.2 Å². The van der Waals surface area contributed by atoms with Gasteiger partial charge in [0.25, 0.3) is 5.22 Å². The van der Waals surface area contributed by atoms with E-state index in [0.717, 1.165) is 0 Å². The molecule has 3 aromatic rings. The van der Waals surface area contributed by atoms with Crippen molar-refractivity contribution < 1.29 is 23.7 Å². The molecule has 142 valence electrons. The maximum absolute atomic E-state index is 10.1. The van der Waals surface area contributed by atoms with Gasteiger partial charge in [-0.05, 0) is 24.3 Å². The molecule has 0 aliphatic carbocycles. The summed E-state index contributed by atoms with van der Waals surface area (Å²) in [5.74, 6) is 2.70. The van der Waals surface area contributed by atoms with E-state index in [2.05, 4.69) is 10.2 Å². The molecule has 27 heavy (non-hydrogen) atoms. The Morgan fingerprint density at radius 3 is 2.37 bits per heavy atom. The molecule has 0 fully saturated rings. The summed E-state index contributed by atoms with van der Waals surface area (Å²) >= 11 is 1.27. The summed E-state index contributed by atoms with van der Waals surface area (Å²) in [5, 5.41) is 18.5. The smallest absolute Gasteiger partial charge is 0.276 e. The van der Waals surface area contributed by atoms with Crippen molar-refractivity contribution in [1.82, 2.24) is 10.2 Å². The highest BCUT2D eigenvalue weighted by atomic mass is 32.2. The van der Waals surface area contributed by atoms with Crippen LogP contribution in [0.1, 0.15) is 0 Å². The molecule has 2 aromatic carbocycles. The first-order chi connectivity index (χ1) is 13.2. The molecule has 3 rings (SSSR count). The minimum Gasteiger partial charge on any atom is -0.497 e. The van der Waals surface area contributed by atoms with Gasteiger partial charge in [0.1, 0.15) is 23.9 Å². The van der Waals surface area contributed by atoms with E-state index in [9.17, 15) is 5.11 Å². The van der Waals surface area contributed by atoms with Crippen molar-refractivity contribution in [3.63, 3.8) is 0 Å². The molecule has 0 saturated carbocycles. The second-order valence-corrected chi connectivity index (χ2v) is 6.53. The lowest BCUT2D eigenvalue weighted by atomic mass is 10.2. The first kappa shape index (κ1) is 19.1. The van der Waals surface area contributed by atoms with Crippen molar-refractivity contribution in [2.75, 3.05) is 26.6 Å². The molecule has 0 bridgehead atoms. The Hall–Kier alpha value is -2.71. The minimum atomic E-state index is -0.664. The monoisotopic (exact) mass is 388 g/mol. The van der Waals surface area contributed by atoms with Crippen molar-refractivity contribution in [3.05, 3.63) is 48.5 Å². The third kappa shape index (κ3) is 5.38. The van der Waals surface area contributed by atoms with Crippen LogP contribution in [-0.2, 0) is 0 Å². The summed E-state index contributed by atoms with van der Waals surface area (Å²) in [6, 6.07) is 14.7. The van der Waals surface area contributed by atoms with Crippen molar-refractivity contribution in [1.29, 1.82) is 0 Å². The molecule has 1 aromatic heterocycles. The summed E-state index contributed by atoms with van der Waals surface area (Å²) in [5.41, 5.74) is 0.693. The van der Waals surface area contributed by atoms with Crippen molar-refractivity contribution in [2.24, 2.45) is 0 Å². The first-order valence-corrected chi connectivity index (χ1v) is 9.22. The number of thioether (sulfide) groups is 1. The number of ether oxygens (including phenoxy) is 3. The second-order valence-electron chi connectivity index (χ2n) is 5.56. The number of methoxy groups -OCH3 is 2. The van der Waals surface area contributed by atoms with Crippen LogP contribution in [0.3, 0.4) is 0 Å². The van der Waals surface area contributed by atoms with E-state index in [1.54, 1.807) is 32.4 Å². The fourth-order valence-corrected chi connectivity index (χ4v) is 2.91. The topological polar surface area (TPSA) is 86.8 Å². The van der Waals surface area contributed by atoms with Gasteiger partial charge in [-0.3, -0.25) is 0 Å². The Kier molecular flexibility index (Phi) is 6.56. The van der Waals surface area contributed by atoms with Gasteiger partial charge in [0, 0.05) is 17.4 Å². The number of hydrogen-bond donors (Lipinski definition) is 1. The van der Waals surface area contributed by atoms with E-state index < -0.39 is 6.10 Å². The Morgan fingerprint density at radius 1 is 1.00 bits per heavy atom. The minimum absolute atomic E-state index is 0.186. The molecular formula is C19H20N2O5S. The molecule has 1 N–H and O–H groups in total. The molecule has 1 heterocycles. The van der Waals surface area contributed by atoms with E-state index in [0.29, 0.717) is 39.7 Å². The molecule has 1 atom stereocenters. The SMILES string of the molecule is COc1cc(OC)cc(-c2nnc(SC[C@@H](O)COc3ccccc3)o2)c1. The van der Waals surface area contributed by atoms with E-state index >= 15 is 0 Å². The Labute approximate surface area is 161 Å². The fraction of sp³-hybridized carbons (Fsp3) is 0.263. The van der Waals surface area contributed by atoms with Crippen LogP contribution in [0.2, 0.25) is 0 Å². The number of rotatable bonds is 9. The average Bonchev–Trinajstić information content (AvgIpc) is 3.20. The van der Waals surface area contributed by atoms with Crippen LogP contribution in [-0.4, -0.2) is 48.0 Å². The highest BCUT2D eigenvalue weighted by Crippen LogP contribution is 2.30. The first-order valence-electron chi connectivity index (χ1n) is 8.23. The van der Waals surface area contributed by atoms with Crippen molar-refractivity contribution >= 4 is 11.8 Å². The molecule has 0 unspecified atom stereocenters. The third-order valence-electron chi connectivity index (χ3n) is 3.59. The maximum Gasteiger partial charge on any atom is 0.276 e. The third-order valence-corrected chi connectivity index (χ3v) is 4.55. The van der Waals surface area contributed by atoms with Gasteiger partial charge >= 0.3 is 0 Å². The molecule has 0 saturated heterocycles. The van der Waals surface area contributed by atoms with Gasteiger partial charge in [0.15, 0.2) is 0 Å². The largest absolute Gasteiger partial charge is 0.497 e. The number of nitrogens with zero attached hydrogens (tertiary/aromatic N) is 2. The maximum atomic E-state index is 10.1. The van der Waals surface area contributed by atoms with Crippen molar-refractivity contribution in [2.45, 2.75) is 11.3 Å². The highest BCUT2D eigenvalue weighted by molar-refractivity contribution is 7.99. The molecule has 7 nitrogen and oxygen atoms in total. The summed E-state index contributed by atoms with van der Waals surface area (Å²) < 4.78 is 21.7. The second kappa shape index (κ2) is 9.29. The molecule has 0 spiro atoms. The zero-order valence-electron chi connectivity index (χ0n) is 15.0. The predicted molar refractivity (Wildman–Crippen MR) is 102 cm³/mol. The van der Waals surface area contributed by atoms with Gasteiger partial charge < -0.3 is 23.7 Å². The predicted octanol–water partition coefficient (Wildman–Crippen LogP) is 3.29. The zero-order valence-corrected chi connectivity index (χ0v) is 15.8. The van der Waals surface area contributed by atoms with Crippen LogP contribution in [0.5, 0.6) is 17.2 Å². The summed E-state index contributed by atoms with van der Waals surface area (Å²) in [6.07, 6.45) is -0.664. The van der Waals surface area contributed by atoms with Crippen molar-refractivity contribution in [3.8, 4) is 28.7 Å². The lowest BCUT2D eigenvalue weighted by molar-refractivity contribution is 0.126. The van der Waals surface area contributed by atoms with Gasteiger partial charge in [-0.25, -0.2) is 0 Å². The molecule has 0 aliphatic rings. The molecule has 0 aliphatic heterocycles. The van der Waals surface area contributed by atoms with E-state index in [4.69, 9.17) is 18.6 Å². The van der Waals surface area contributed by atoms with Gasteiger partial charge in [0.2, 0.25) is 5.89 Å². The quantitative estimate of drug-likeness (QED) is 0.559. The standard InChI is InChI=1S/C19H20N2O5S/c1-23-16-8-13(9-17(10-16)24-2)18-20-21-19(26-18)27-12-14(22)11-25-15-6-4-3-5-7-15/h3-10,14,22H,11-12H2,1-2H3/t14-/m0/s1. The summed E-state index contributed by atoms with van der Waals surface area (Å²) in [7, 11) is 3.15. The van der Waals surface area contributed by atoms with Gasteiger partial charge in [0.05, 0.1) is 20.3 Å². The number of aliphatic hydroxyl groups excluding tert-OH is 1. The van der Waals surface area contributed by atoms with Crippen LogP contribution in [0.15, 0.2) is 58.2 Å². The normalized spacial score (nSPS) is 11.8. The van der Waals surface area contributed by atoms with Gasteiger partial charge in [-0.1, -0.05) is 30.0 Å². The number of para-hydroxylation sites is 1. The molecule has 0 radical (unpaired) electrons. The number of aromatic nitrogens is 2. The van der Waals surface area contributed by atoms with Crippen LogP contribution in [0.25, 0.3) is 11.5 Å². The lowest BCUT2D eigenvalue weighted by Gasteiger charge is -2.10. The van der Waals surface area contributed by atoms with E-state index in [1.165, 1.54) is 11.8 Å². The molecule has 0 amide bonds. The fourth-order valence-electron chi connectivity index (χ4n) is 2.24. The van der Waals surface area contributed by atoms with Crippen LogP contribution >= 0.6 is 11.8 Å². The Bertz CT molecular complexity index is 834. The highest BCUT2D eigenvalue weighted by Gasteiger charge is 2.14. The lowest BCUT2D eigenvalue weighted by Crippen LogP contribution is -2.20. The van der Waals surface area contributed by atoms with Gasteiger partial charge in [-0.2, -0.15) is 0 Å². The molecular weight excluding hydrogens is 368 g/mol. The summed E-state index contributed by atoms with van der Waals surface area (Å²) in [6.45, 7) is 0.186. The Balaban J connectivity index is 1.56. The van der Waals surface area contributed by atoms with Crippen LogP contribution in [0, 0.1) is 0 Å². The number of aliphatic hydroxyl groups is 1. The van der Waals surface area contributed by atoms with E-state index in [-0.39, 0.29) is 6.61 Å². The number of hydrogen-bond acceptors (Lipinski definition) is 8.